The highest BCUT2D eigenvalue weighted by Gasteiger charge is 2.36. The monoisotopic (exact) mass is 241 g/mol. The fourth-order valence-electron chi connectivity index (χ4n) is 2.57. The van der Waals surface area contributed by atoms with E-state index in [1.807, 2.05) is 0 Å². The highest BCUT2D eigenvalue weighted by molar-refractivity contribution is 6.43. The van der Waals surface area contributed by atoms with Gasteiger partial charge < -0.3 is 25.6 Å². The maximum absolute atomic E-state index is 11.9. The number of hydrogen-bond donors (Lipinski definition) is 4. The van der Waals surface area contributed by atoms with Crippen LogP contribution >= 0.6 is 0 Å². The van der Waals surface area contributed by atoms with Crippen molar-refractivity contribution in [1.29, 1.82) is 0 Å². The molecule has 0 aromatic rings. The molecule has 7 heteroatoms. The summed E-state index contributed by atoms with van der Waals surface area (Å²) >= 11 is 0. The first-order valence-corrected chi connectivity index (χ1v) is 6.28. The largest absolute Gasteiger partial charge is 0.475 e. The second-order valence-electron chi connectivity index (χ2n) is 4.78. The Morgan fingerprint density at radius 1 is 1.47 bits per heavy atom. The summed E-state index contributed by atoms with van der Waals surface area (Å²) in [5.41, 5.74) is 0. The number of hydrogen-bond acceptors (Lipinski definition) is 5. The third-order valence-corrected chi connectivity index (χ3v) is 3.57. The lowest BCUT2D eigenvalue weighted by Crippen LogP contribution is -2.49. The van der Waals surface area contributed by atoms with Crippen molar-refractivity contribution in [3.8, 4) is 0 Å². The smallest absolute Gasteiger partial charge is 0.426 e. The number of likely N-dealkylation sites (tertiary alicyclic amines) is 1. The predicted octanol–water partition coefficient (Wildman–Crippen LogP) is -2.06. The molecule has 0 bridgehead atoms. The summed E-state index contributed by atoms with van der Waals surface area (Å²) in [6.07, 6.45) is 2.56. The maximum atomic E-state index is 11.9. The maximum Gasteiger partial charge on any atom is 0.475 e. The van der Waals surface area contributed by atoms with Gasteiger partial charge in [-0.1, -0.05) is 0 Å². The Hall–Kier alpha value is -0.625. The van der Waals surface area contributed by atoms with Crippen LogP contribution in [0.3, 0.4) is 0 Å². The summed E-state index contributed by atoms with van der Waals surface area (Å²) in [5.74, 6) is -0.460. The van der Waals surface area contributed by atoms with Crippen molar-refractivity contribution >= 4 is 13.0 Å². The van der Waals surface area contributed by atoms with Crippen molar-refractivity contribution < 1.29 is 14.8 Å². The molecule has 4 N–H and O–H groups in total. The van der Waals surface area contributed by atoms with Crippen LogP contribution in [-0.2, 0) is 4.79 Å². The van der Waals surface area contributed by atoms with Gasteiger partial charge in [-0.2, -0.15) is 0 Å². The van der Waals surface area contributed by atoms with Crippen molar-refractivity contribution in [3.63, 3.8) is 0 Å². The topological polar surface area (TPSA) is 84.8 Å². The molecule has 0 aromatic heterocycles. The first-order valence-electron chi connectivity index (χ1n) is 6.28. The van der Waals surface area contributed by atoms with Gasteiger partial charge in [0, 0.05) is 19.1 Å². The lowest BCUT2D eigenvalue weighted by Gasteiger charge is -2.24. The Kier molecular flexibility index (Phi) is 4.39. The van der Waals surface area contributed by atoms with Gasteiger partial charge in [-0.15, -0.1) is 0 Å². The molecule has 0 unspecified atom stereocenters. The second kappa shape index (κ2) is 5.81. The second-order valence-corrected chi connectivity index (χ2v) is 4.78. The van der Waals surface area contributed by atoms with Gasteiger partial charge in [-0.05, 0) is 25.8 Å². The molecule has 2 atom stereocenters. The zero-order valence-electron chi connectivity index (χ0n) is 9.93. The Morgan fingerprint density at radius 3 is 2.94 bits per heavy atom. The quantitative estimate of drug-likeness (QED) is 0.425. The average Bonchev–Trinajstić information content (AvgIpc) is 2.96. The molecular formula is C10H20BN3O3. The number of rotatable bonds is 4. The Morgan fingerprint density at radius 2 is 2.29 bits per heavy atom. The summed E-state index contributed by atoms with van der Waals surface area (Å²) in [6.45, 7) is 2.81. The summed E-state index contributed by atoms with van der Waals surface area (Å²) in [6, 6.07) is 0.360. The highest BCUT2D eigenvalue weighted by atomic mass is 16.4. The number of nitrogens with zero attached hydrogens (tertiary/aromatic N) is 1. The fourth-order valence-corrected chi connectivity index (χ4v) is 2.57. The Labute approximate surface area is 102 Å². The van der Waals surface area contributed by atoms with Gasteiger partial charge in [0.2, 0.25) is 5.91 Å². The van der Waals surface area contributed by atoms with Crippen molar-refractivity contribution in [3.05, 3.63) is 0 Å². The van der Waals surface area contributed by atoms with Crippen molar-refractivity contribution in [1.82, 2.24) is 15.5 Å². The fraction of sp³-hybridized carbons (Fsp3) is 0.900. The van der Waals surface area contributed by atoms with Crippen molar-refractivity contribution in [2.75, 3.05) is 26.2 Å². The zero-order chi connectivity index (χ0) is 12.3. The first kappa shape index (κ1) is 12.8. The predicted molar refractivity (Wildman–Crippen MR) is 64.2 cm³/mol. The van der Waals surface area contributed by atoms with E-state index in [2.05, 4.69) is 10.6 Å². The van der Waals surface area contributed by atoms with Crippen LogP contribution < -0.4 is 10.6 Å². The molecule has 2 rings (SSSR count). The number of nitrogens with one attached hydrogen (secondary N) is 2. The molecule has 6 nitrogen and oxygen atoms in total. The van der Waals surface area contributed by atoms with E-state index in [9.17, 15) is 14.8 Å². The molecule has 17 heavy (non-hydrogen) atoms. The molecule has 2 aliphatic heterocycles. The van der Waals surface area contributed by atoms with Crippen LogP contribution in [0.5, 0.6) is 0 Å². The highest BCUT2D eigenvalue weighted by Crippen LogP contribution is 2.17. The van der Waals surface area contributed by atoms with Crippen LogP contribution in [-0.4, -0.2) is 66.1 Å². The average molecular weight is 241 g/mol. The first-order chi connectivity index (χ1) is 8.18. The van der Waals surface area contributed by atoms with Gasteiger partial charge in [0.05, 0.1) is 12.5 Å². The van der Waals surface area contributed by atoms with Gasteiger partial charge in [-0.25, -0.2) is 0 Å². The lowest BCUT2D eigenvalue weighted by atomic mass is 9.78. The molecular weight excluding hydrogens is 221 g/mol. The molecule has 0 radical (unpaired) electrons. The van der Waals surface area contributed by atoms with Crippen LogP contribution in [0, 0.1) is 0 Å². The van der Waals surface area contributed by atoms with Crippen molar-refractivity contribution in [2.24, 2.45) is 0 Å². The van der Waals surface area contributed by atoms with Crippen LogP contribution in [0.15, 0.2) is 0 Å². The van der Waals surface area contributed by atoms with E-state index < -0.39 is 13.1 Å². The van der Waals surface area contributed by atoms with E-state index >= 15 is 0 Å². The van der Waals surface area contributed by atoms with Crippen LogP contribution in [0.2, 0.25) is 0 Å². The molecule has 2 fully saturated rings. The van der Waals surface area contributed by atoms with E-state index in [4.69, 9.17) is 0 Å². The molecule has 2 heterocycles. The van der Waals surface area contributed by atoms with Gasteiger partial charge in [0.15, 0.2) is 0 Å². The van der Waals surface area contributed by atoms with Gasteiger partial charge in [0.25, 0.3) is 0 Å². The summed E-state index contributed by atoms with van der Waals surface area (Å²) < 4.78 is 0. The number of carbonyl (C=O) groups is 1. The van der Waals surface area contributed by atoms with E-state index in [0.717, 1.165) is 25.9 Å². The van der Waals surface area contributed by atoms with Crippen LogP contribution in [0.25, 0.3) is 0 Å². The van der Waals surface area contributed by atoms with E-state index in [-0.39, 0.29) is 12.5 Å². The zero-order valence-corrected chi connectivity index (χ0v) is 9.93. The van der Waals surface area contributed by atoms with Gasteiger partial charge in [-0.3, -0.25) is 4.79 Å². The molecule has 1 amide bonds. The SMILES string of the molecule is O=C(CN[C@H]1CCNC1)N1CCC[C@@H]1B(O)O. The summed E-state index contributed by atoms with van der Waals surface area (Å²) in [7, 11) is -1.42. The Balaban J connectivity index is 1.78. The standard InChI is InChI=1S/C10H20BN3O3/c15-10(7-13-8-3-4-12-6-8)14-5-1-2-9(14)11(16)17/h8-9,12-13,16-17H,1-7H2/t8-,9+/m0/s1. The lowest BCUT2D eigenvalue weighted by molar-refractivity contribution is -0.130. The van der Waals surface area contributed by atoms with E-state index in [1.165, 1.54) is 0 Å². The molecule has 96 valence electrons. The summed E-state index contributed by atoms with van der Waals surface area (Å²) in [5, 5.41) is 24.8. The van der Waals surface area contributed by atoms with Crippen LogP contribution in [0.4, 0.5) is 0 Å². The minimum Gasteiger partial charge on any atom is -0.426 e. The van der Waals surface area contributed by atoms with Crippen LogP contribution in [0.1, 0.15) is 19.3 Å². The van der Waals surface area contributed by atoms with Crippen molar-refractivity contribution in [2.45, 2.75) is 31.2 Å². The molecule has 0 aromatic carbocycles. The minimum absolute atomic E-state index is 0.0347. The van der Waals surface area contributed by atoms with Gasteiger partial charge >= 0.3 is 7.12 Å². The van der Waals surface area contributed by atoms with E-state index in [1.54, 1.807) is 4.90 Å². The third-order valence-electron chi connectivity index (χ3n) is 3.57. The molecule has 2 aliphatic rings. The molecule has 2 saturated heterocycles. The summed E-state index contributed by atoms with van der Waals surface area (Å²) in [4.78, 5) is 13.5. The Bertz CT molecular complexity index is 272. The molecule has 0 spiro atoms. The molecule has 0 saturated carbocycles. The normalized spacial score (nSPS) is 28.7. The molecule has 0 aliphatic carbocycles. The minimum atomic E-state index is -1.42. The van der Waals surface area contributed by atoms with Gasteiger partial charge in [0.1, 0.15) is 0 Å². The number of carbonyl (C=O) groups excluding carboxylic acids is 1. The number of amides is 1. The van der Waals surface area contributed by atoms with E-state index in [0.29, 0.717) is 19.0 Å². The third kappa shape index (κ3) is 3.19.